The van der Waals surface area contributed by atoms with E-state index in [1.54, 1.807) is 0 Å². The number of anilines is 2. The van der Waals surface area contributed by atoms with Crippen LogP contribution < -0.4 is 11.1 Å². The molecule has 2 heteroatoms. The minimum absolute atomic E-state index is 0.876. The number of nitrogen functional groups attached to an aromatic ring is 1. The Morgan fingerprint density at radius 1 is 1.46 bits per heavy atom. The van der Waals surface area contributed by atoms with Gasteiger partial charge in [-0.25, -0.2) is 0 Å². The Balaban J connectivity index is 1.98. The maximum Gasteiger partial charge on any atom is 0.0364 e. The number of nitrogens with one attached hydrogen (secondary N) is 1. The summed E-state index contributed by atoms with van der Waals surface area (Å²) in [6, 6.07) is 6.16. The zero-order valence-electron chi connectivity index (χ0n) is 8.01. The number of aryl methyl sites for hydroxylation is 1. The van der Waals surface area contributed by atoms with Crippen LogP contribution in [0.15, 0.2) is 18.2 Å². The fourth-order valence-electron chi connectivity index (χ4n) is 1.33. The highest BCUT2D eigenvalue weighted by Crippen LogP contribution is 2.29. The summed E-state index contributed by atoms with van der Waals surface area (Å²) in [4.78, 5) is 0. The summed E-state index contributed by atoms with van der Waals surface area (Å²) in [6.07, 6.45) is 2.77. The SMILES string of the molecule is Cc1ccc(NCC2CC2)cc1N. The highest BCUT2D eigenvalue weighted by Gasteiger charge is 2.20. The molecular formula is C11H16N2. The van der Waals surface area contributed by atoms with E-state index in [1.807, 2.05) is 13.0 Å². The Hall–Kier alpha value is -1.18. The molecule has 3 N–H and O–H groups in total. The molecule has 2 rings (SSSR count). The fourth-order valence-corrected chi connectivity index (χ4v) is 1.33. The summed E-state index contributed by atoms with van der Waals surface area (Å²) in [5.74, 6) is 0.905. The van der Waals surface area contributed by atoms with Gasteiger partial charge in [-0.3, -0.25) is 0 Å². The molecule has 0 heterocycles. The lowest BCUT2D eigenvalue weighted by atomic mass is 10.2. The summed E-state index contributed by atoms with van der Waals surface area (Å²) in [6.45, 7) is 3.13. The third kappa shape index (κ3) is 2.14. The molecule has 1 aliphatic rings. The predicted molar refractivity (Wildman–Crippen MR) is 56.8 cm³/mol. The molecule has 1 saturated carbocycles. The van der Waals surface area contributed by atoms with Gasteiger partial charge in [0.05, 0.1) is 0 Å². The van der Waals surface area contributed by atoms with Crippen molar-refractivity contribution in [3.8, 4) is 0 Å². The monoisotopic (exact) mass is 176 g/mol. The standard InChI is InChI=1S/C11H16N2/c1-8-2-5-10(6-11(8)12)13-7-9-3-4-9/h2,5-6,9,13H,3-4,7,12H2,1H3. The van der Waals surface area contributed by atoms with Crippen LogP contribution in [-0.4, -0.2) is 6.54 Å². The Bertz CT molecular complexity index is 303. The first-order valence-electron chi connectivity index (χ1n) is 4.86. The first kappa shape index (κ1) is 8.42. The third-order valence-electron chi connectivity index (χ3n) is 2.57. The number of nitrogens with two attached hydrogens (primary N) is 1. The first-order valence-corrected chi connectivity index (χ1v) is 4.86. The Kier molecular flexibility index (Phi) is 2.13. The van der Waals surface area contributed by atoms with Crippen LogP contribution in [0.3, 0.4) is 0 Å². The molecule has 1 aromatic carbocycles. The van der Waals surface area contributed by atoms with E-state index in [9.17, 15) is 0 Å². The predicted octanol–water partition coefficient (Wildman–Crippen LogP) is 2.40. The van der Waals surface area contributed by atoms with Crippen molar-refractivity contribution in [2.24, 2.45) is 5.92 Å². The van der Waals surface area contributed by atoms with Gasteiger partial charge in [0.15, 0.2) is 0 Å². The lowest BCUT2D eigenvalue weighted by Gasteiger charge is -2.07. The Morgan fingerprint density at radius 2 is 2.23 bits per heavy atom. The van der Waals surface area contributed by atoms with Gasteiger partial charge in [-0.2, -0.15) is 0 Å². The topological polar surface area (TPSA) is 38.0 Å². The molecule has 1 aliphatic carbocycles. The van der Waals surface area contributed by atoms with Crippen LogP contribution in [0.2, 0.25) is 0 Å². The number of benzene rings is 1. The van der Waals surface area contributed by atoms with Gasteiger partial charge < -0.3 is 11.1 Å². The molecule has 70 valence electrons. The molecule has 0 bridgehead atoms. The van der Waals surface area contributed by atoms with Crippen molar-refractivity contribution in [3.05, 3.63) is 23.8 Å². The van der Waals surface area contributed by atoms with Crippen LogP contribution in [0, 0.1) is 12.8 Å². The van der Waals surface area contributed by atoms with E-state index >= 15 is 0 Å². The lowest BCUT2D eigenvalue weighted by Crippen LogP contribution is -2.03. The van der Waals surface area contributed by atoms with E-state index in [-0.39, 0.29) is 0 Å². The summed E-state index contributed by atoms with van der Waals surface area (Å²) < 4.78 is 0. The molecule has 0 atom stereocenters. The van der Waals surface area contributed by atoms with Crippen LogP contribution in [0.4, 0.5) is 11.4 Å². The van der Waals surface area contributed by atoms with Crippen LogP contribution in [0.25, 0.3) is 0 Å². The summed E-state index contributed by atoms with van der Waals surface area (Å²) in [5, 5.41) is 3.39. The molecule has 0 saturated heterocycles. The molecule has 0 aromatic heterocycles. The van der Waals surface area contributed by atoms with Gasteiger partial charge in [0, 0.05) is 17.9 Å². The second-order valence-electron chi connectivity index (χ2n) is 3.90. The van der Waals surface area contributed by atoms with E-state index in [2.05, 4.69) is 17.4 Å². The van der Waals surface area contributed by atoms with E-state index in [4.69, 9.17) is 5.73 Å². The summed E-state index contributed by atoms with van der Waals surface area (Å²) >= 11 is 0. The quantitative estimate of drug-likeness (QED) is 0.694. The van der Waals surface area contributed by atoms with Crippen LogP contribution in [0.5, 0.6) is 0 Å². The van der Waals surface area contributed by atoms with Crippen molar-refractivity contribution in [2.75, 3.05) is 17.6 Å². The maximum atomic E-state index is 5.80. The molecule has 0 unspecified atom stereocenters. The highest BCUT2D eigenvalue weighted by atomic mass is 14.9. The van der Waals surface area contributed by atoms with Gasteiger partial charge >= 0.3 is 0 Å². The van der Waals surface area contributed by atoms with Gasteiger partial charge in [0.25, 0.3) is 0 Å². The van der Waals surface area contributed by atoms with Crippen molar-refractivity contribution in [1.82, 2.24) is 0 Å². The second-order valence-corrected chi connectivity index (χ2v) is 3.90. The number of hydrogen-bond donors (Lipinski definition) is 2. The Morgan fingerprint density at radius 3 is 2.85 bits per heavy atom. The fraction of sp³-hybridized carbons (Fsp3) is 0.455. The van der Waals surface area contributed by atoms with Crippen molar-refractivity contribution in [3.63, 3.8) is 0 Å². The van der Waals surface area contributed by atoms with E-state index in [0.717, 1.165) is 29.4 Å². The summed E-state index contributed by atoms with van der Waals surface area (Å²) in [5.41, 5.74) is 8.98. The van der Waals surface area contributed by atoms with E-state index in [1.165, 1.54) is 12.8 Å². The van der Waals surface area contributed by atoms with Crippen molar-refractivity contribution >= 4 is 11.4 Å². The van der Waals surface area contributed by atoms with E-state index < -0.39 is 0 Å². The number of hydrogen-bond acceptors (Lipinski definition) is 2. The molecule has 0 spiro atoms. The van der Waals surface area contributed by atoms with Crippen molar-refractivity contribution < 1.29 is 0 Å². The largest absolute Gasteiger partial charge is 0.398 e. The van der Waals surface area contributed by atoms with Gasteiger partial charge in [0.1, 0.15) is 0 Å². The highest BCUT2D eigenvalue weighted by molar-refractivity contribution is 5.58. The molecule has 2 nitrogen and oxygen atoms in total. The summed E-state index contributed by atoms with van der Waals surface area (Å²) in [7, 11) is 0. The van der Waals surface area contributed by atoms with Crippen molar-refractivity contribution in [2.45, 2.75) is 19.8 Å². The average Bonchev–Trinajstić information content (AvgIpc) is 2.91. The average molecular weight is 176 g/mol. The second kappa shape index (κ2) is 3.29. The zero-order chi connectivity index (χ0) is 9.26. The third-order valence-corrected chi connectivity index (χ3v) is 2.57. The van der Waals surface area contributed by atoms with Crippen LogP contribution in [-0.2, 0) is 0 Å². The van der Waals surface area contributed by atoms with Gasteiger partial charge in [-0.05, 0) is 43.4 Å². The molecule has 0 amide bonds. The van der Waals surface area contributed by atoms with Gasteiger partial charge in [0.2, 0.25) is 0 Å². The van der Waals surface area contributed by atoms with Gasteiger partial charge in [-0.15, -0.1) is 0 Å². The molecule has 0 radical (unpaired) electrons. The molecule has 1 aromatic rings. The van der Waals surface area contributed by atoms with Crippen LogP contribution >= 0.6 is 0 Å². The zero-order valence-corrected chi connectivity index (χ0v) is 8.01. The molecule has 0 aliphatic heterocycles. The number of rotatable bonds is 3. The molecule has 1 fully saturated rings. The maximum absolute atomic E-state index is 5.80. The van der Waals surface area contributed by atoms with Crippen LogP contribution in [0.1, 0.15) is 18.4 Å². The lowest BCUT2D eigenvalue weighted by molar-refractivity contribution is 0.889. The first-order chi connectivity index (χ1) is 6.25. The molecular weight excluding hydrogens is 160 g/mol. The van der Waals surface area contributed by atoms with Gasteiger partial charge in [-0.1, -0.05) is 6.07 Å². The van der Waals surface area contributed by atoms with Crippen molar-refractivity contribution in [1.29, 1.82) is 0 Å². The molecule has 13 heavy (non-hydrogen) atoms. The minimum atomic E-state index is 0.876. The van der Waals surface area contributed by atoms with E-state index in [0.29, 0.717) is 0 Å². The Labute approximate surface area is 79.1 Å². The normalized spacial score (nSPS) is 15.8. The minimum Gasteiger partial charge on any atom is -0.398 e. The smallest absolute Gasteiger partial charge is 0.0364 e.